The molecule has 0 fully saturated rings. The van der Waals surface area contributed by atoms with Crippen LogP contribution in [0.1, 0.15) is 0 Å². The normalized spacial score (nSPS) is 10.8. The summed E-state index contributed by atoms with van der Waals surface area (Å²) in [7, 11) is 0. The molecule has 0 saturated heterocycles. The van der Waals surface area contributed by atoms with Crippen LogP contribution >= 0.6 is 15.9 Å². The Balaban J connectivity index is 2.03. The molecule has 0 unspecified atom stereocenters. The first-order valence-electron chi connectivity index (χ1n) is 5.29. The van der Waals surface area contributed by atoms with Gasteiger partial charge < -0.3 is 10.5 Å². The van der Waals surface area contributed by atoms with Gasteiger partial charge in [-0.2, -0.15) is 0 Å². The summed E-state index contributed by atoms with van der Waals surface area (Å²) in [5.74, 6) is 0.532. The van der Waals surface area contributed by atoms with Crippen LogP contribution in [0.15, 0.2) is 39.4 Å². The maximum absolute atomic E-state index is 13.1. The number of ether oxygens (including phenoxy) is 1. The largest absolute Gasteiger partial charge is 0.455 e. The number of halogens is 2. The van der Waals surface area contributed by atoms with Crippen molar-refractivity contribution in [1.82, 2.24) is 10.3 Å². The third kappa shape index (κ3) is 2.12. The fourth-order valence-electron chi connectivity index (χ4n) is 1.61. The van der Waals surface area contributed by atoms with Crippen molar-refractivity contribution in [2.75, 3.05) is 5.73 Å². The van der Waals surface area contributed by atoms with Gasteiger partial charge in [0.15, 0.2) is 16.8 Å². The van der Waals surface area contributed by atoms with Crippen molar-refractivity contribution in [2.24, 2.45) is 0 Å². The summed E-state index contributed by atoms with van der Waals surface area (Å²) in [6.07, 6.45) is 0. The Kier molecular flexibility index (Phi) is 2.83. The van der Waals surface area contributed by atoms with Gasteiger partial charge in [0.2, 0.25) is 0 Å². The molecule has 2 aromatic carbocycles. The third-order valence-corrected chi connectivity index (χ3v) is 3.14. The molecule has 2 N–H and O–H groups in total. The first kappa shape index (κ1) is 11.9. The van der Waals surface area contributed by atoms with E-state index >= 15 is 0 Å². The molecule has 3 rings (SSSR count). The minimum atomic E-state index is -0.363. The molecule has 0 amide bonds. The van der Waals surface area contributed by atoms with Crippen LogP contribution in [0.5, 0.6) is 11.5 Å². The number of anilines is 1. The lowest BCUT2D eigenvalue weighted by atomic mass is 10.2. The zero-order valence-corrected chi connectivity index (χ0v) is 11.0. The topological polar surface area (TPSA) is 74.2 Å². The van der Waals surface area contributed by atoms with Crippen LogP contribution in [0, 0.1) is 5.82 Å². The molecule has 0 aliphatic heterocycles. The Bertz CT molecular complexity index is 760. The quantitative estimate of drug-likeness (QED) is 0.730. The second kappa shape index (κ2) is 4.51. The van der Waals surface area contributed by atoms with Crippen LogP contribution in [0.3, 0.4) is 0 Å². The molecule has 5 nitrogen and oxygen atoms in total. The van der Waals surface area contributed by atoms with E-state index < -0.39 is 0 Å². The van der Waals surface area contributed by atoms with E-state index in [4.69, 9.17) is 10.5 Å². The van der Waals surface area contributed by atoms with Gasteiger partial charge in [0, 0.05) is 0 Å². The fraction of sp³-hybridized carbons (Fsp3) is 0. The summed E-state index contributed by atoms with van der Waals surface area (Å²) in [6.45, 7) is 0. The summed E-state index contributed by atoms with van der Waals surface area (Å²) in [5, 5.41) is 7.43. The van der Waals surface area contributed by atoms with Gasteiger partial charge in [-0.05, 0) is 56.6 Å². The Morgan fingerprint density at radius 1 is 1.16 bits per heavy atom. The molecule has 7 heteroatoms. The Morgan fingerprint density at radius 2 is 1.95 bits per heavy atom. The molecule has 19 heavy (non-hydrogen) atoms. The molecule has 1 aromatic heterocycles. The predicted octanol–water partition coefficient (Wildman–Crippen LogP) is 3.50. The van der Waals surface area contributed by atoms with Crippen molar-refractivity contribution in [2.45, 2.75) is 0 Å². The molecule has 0 spiro atoms. The zero-order chi connectivity index (χ0) is 13.4. The molecule has 0 atom stereocenters. The summed E-state index contributed by atoms with van der Waals surface area (Å²) < 4.78 is 23.7. The average molecular weight is 324 g/mol. The molecule has 0 bridgehead atoms. The van der Waals surface area contributed by atoms with Crippen LogP contribution in [-0.4, -0.2) is 10.3 Å². The summed E-state index contributed by atoms with van der Waals surface area (Å²) >= 11 is 3.09. The number of nitrogen functional groups attached to an aromatic ring is 1. The average Bonchev–Trinajstić information content (AvgIpc) is 2.87. The number of rotatable bonds is 2. The molecule has 3 aromatic rings. The molecular weight excluding hydrogens is 317 g/mol. The summed E-state index contributed by atoms with van der Waals surface area (Å²) in [5.41, 5.74) is 7.03. The molecule has 0 aliphatic carbocycles. The monoisotopic (exact) mass is 323 g/mol. The second-order valence-electron chi connectivity index (χ2n) is 3.79. The van der Waals surface area contributed by atoms with E-state index in [0.717, 1.165) is 0 Å². The second-order valence-corrected chi connectivity index (χ2v) is 4.65. The highest BCUT2D eigenvalue weighted by Gasteiger charge is 2.12. The number of fused-ring (bicyclic) bond motifs is 1. The van der Waals surface area contributed by atoms with Gasteiger partial charge >= 0.3 is 0 Å². The Hall–Kier alpha value is -2.15. The van der Waals surface area contributed by atoms with Crippen LogP contribution < -0.4 is 10.5 Å². The molecule has 0 aliphatic rings. The van der Waals surface area contributed by atoms with Crippen molar-refractivity contribution < 1.29 is 13.8 Å². The van der Waals surface area contributed by atoms with Crippen LogP contribution in [-0.2, 0) is 0 Å². The van der Waals surface area contributed by atoms with Gasteiger partial charge in [-0.15, -0.1) is 0 Å². The van der Waals surface area contributed by atoms with E-state index in [-0.39, 0.29) is 5.82 Å². The molecule has 96 valence electrons. The van der Waals surface area contributed by atoms with Gasteiger partial charge in [-0.3, -0.25) is 0 Å². The molecular formula is C12H7BrFN3O2. The number of benzene rings is 2. The first-order valence-corrected chi connectivity index (χ1v) is 6.08. The third-order valence-electron chi connectivity index (χ3n) is 2.53. The van der Waals surface area contributed by atoms with Crippen molar-refractivity contribution in [3.63, 3.8) is 0 Å². The highest BCUT2D eigenvalue weighted by molar-refractivity contribution is 9.10. The van der Waals surface area contributed by atoms with Crippen LogP contribution in [0.25, 0.3) is 11.0 Å². The lowest BCUT2D eigenvalue weighted by molar-refractivity contribution is 0.314. The van der Waals surface area contributed by atoms with Gasteiger partial charge in [0.1, 0.15) is 11.6 Å². The molecule has 0 radical (unpaired) electrons. The lowest BCUT2D eigenvalue weighted by Gasteiger charge is -2.06. The van der Waals surface area contributed by atoms with Crippen LogP contribution in [0.4, 0.5) is 10.1 Å². The van der Waals surface area contributed by atoms with E-state index in [0.29, 0.717) is 32.7 Å². The Morgan fingerprint density at radius 3 is 2.74 bits per heavy atom. The molecule has 1 heterocycles. The number of nitrogens with zero attached hydrogens (tertiary/aromatic N) is 2. The molecule has 0 saturated carbocycles. The SMILES string of the molecule is Nc1ccc(Oc2ccc(F)c(Br)c2)c2nonc12. The Labute approximate surface area is 115 Å². The highest BCUT2D eigenvalue weighted by Crippen LogP contribution is 2.32. The number of hydrogen-bond donors (Lipinski definition) is 1. The van der Waals surface area contributed by atoms with Crippen molar-refractivity contribution >= 4 is 32.7 Å². The smallest absolute Gasteiger partial charge is 0.179 e. The van der Waals surface area contributed by atoms with Gasteiger partial charge in [-0.1, -0.05) is 0 Å². The standard InChI is InChI=1S/C12H7BrFN3O2/c13-7-5-6(1-2-8(7)14)18-10-4-3-9(15)11-12(10)17-19-16-11/h1-5H,15H2. The highest BCUT2D eigenvalue weighted by atomic mass is 79.9. The van der Waals surface area contributed by atoms with Gasteiger partial charge in [0.25, 0.3) is 0 Å². The maximum Gasteiger partial charge on any atom is 0.179 e. The summed E-state index contributed by atoms with van der Waals surface area (Å²) in [4.78, 5) is 0. The lowest BCUT2D eigenvalue weighted by Crippen LogP contribution is -1.90. The van der Waals surface area contributed by atoms with E-state index in [1.165, 1.54) is 18.2 Å². The van der Waals surface area contributed by atoms with Crippen molar-refractivity contribution in [3.8, 4) is 11.5 Å². The van der Waals surface area contributed by atoms with E-state index in [1.54, 1.807) is 12.1 Å². The number of aromatic nitrogens is 2. The van der Waals surface area contributed by atoms with Crippen LogP contribution in [0.2, 0.25) is 0 Å². The number of hydrogen-bond acceptors (Lipinski definition) is 5. The van der Waals surface area contributed by atoms with E-state index in [1.807, 2.05) is 0 Å². The minimum absolute atomic E-state index is 0.315. The summed E-state index contributed by atoms with van der Waals surface area (Å²) in [6, 6.07) is 7.62. The van der Waals surface area contributed by atoms with Gasteiger partial charge in [0.05, 0.1) is 10.2 Å². The first-order chi connectivity index (χ1) is 9.15. The zero-order valence-electron chi connectivity index (χ0n) is 9.43. The van der Waals surface area contributed by atoms with E-state index in [2.05, 4.69) is 30.9 Å². The van der Waals surface area contributed by atoms with Crippen molar-refractivity contribution in [3.05, 3.63) is 40.6 Å². The van der Waals surface area contributed by atoms with Crippen molar-refractivity contribution in [1.29, 1.82) is 0 Å². The van der Waals surface area contributed by atoms with Gasteiger partial charge in [-0.25, -0.2) is 9.02 Å². The predicted molar refractivity (Wildman–Crippen MR) is 70.4 cm³/mol. The number of nitrogens with two attached hydrogens (primary N) is 1. The fourth-order valence-corrected chi connectivity index (χ4v) is 1.97. The minimum Gasteiger partial charge on any atom is -0.455 e. The maximum atomic E-state index is 13.1. The van der Waals surface area contributed by atoms with E-state index in [9.17, 15) is 4.39 Å².